The second kappa shape index (κ2) is 4.52. The second-order valence-electron chi connectivity index (χ2n) is 5.73. The Morgan fingerprint density at radius 3 is 1.52 bits per heavy atom. The van der Waals surface area contributed by atoms with E-state index in [2.05, 4.69) is 72.3 Å². The Balaban J connectivity index is 1.83. The predicted molar refractivity (Wildman–Crippen MR) is 88.9 cm³/mol. The van der Waals surface area contributed by atoms with Crippen molar-refractivity contribution in [3.8, 4) is 0 Å². The number of fused-ring (bicyclic) bond motifs is 2. The number of H-pyrrole nitrogens is 2. The van der Waals surface area contributed by atoms with E-state index in [-0.39, 0.29) is 0 Å². The number of hydrogen-bond donors (Lipinski definition) is 2. The van der Waals surface area contributed by atoms with Gasteiger partial charge in [0.25, 0.3) is 0 Å². The van der Waals surface area contributed by atoms with E-state index in [1.807, 2.05) is 0 Å². The molecule has 0 aliphatic heterocycles. The first-order valence-corrected chi connectivity index (χ1v) is 7.36. The van der Waals surface area contributed by atoms with Gasteiger partial charge in [-0.15, -0.1) is 0 Å². The summed E-state index contributed by atoms with van der Waals surface area (Å²) >= 11 is 0. The van der Waals surface area contributed by atoms with Crippen molar-refractivity contribution in [2.45, 2.75) is 20.3 Å². The quantitative estimate of drug-likeness (QED) is 0.523. The molecule has 0 radical (unpaired) electrons. The Morgan fingerprint density at radius 2 is 1.10 bits per heavy atom. The highest BCUT2D eigenvalue weighted by atomic mass is 14.8. The van der Waals surface area contributed by atoms with Crippen LogP contribution in [0.5, 0.6) is 0 Å². The van der Waals surface area contributed by atoms with Crippen LogP contribution in [0.15, 0.2) is 48.5 Å². The fourth-order valence-corrected chi connectivity index (χ4v) is 3.21. The van der Waals surface area contributed by atoms with Gasteiger partial charge in [-0.05, 0) is 37.1 Å². The molecule has 0 amide bonds. The van der Waals surface area contributed by atoms with Crippen LogP contribution in [-0.4, -0.2) is 9.97 Å². The molecule has 0 atom stereocenters. The molecular weight excluding hydrogens is 256 g/mol. The molecule has 0 bridgehead atoms. The highest BCUT2D eigenvalue weighted by molar-refractivity contribution is 5.86. The maximum absolute atomic E-state index is 3.56. The first-order chi connectivity index (χ1) is 10.2. The van der Waals surface area contributed by atoms with Crippen LogP contribution in [0.2, 0.25) is 0 Å². The van der Waals surface area contributed by atoms with Crippen LogP contribution in [0, 0.1) is 13.8 Å². The third kappa shape index (κ3) is 1.87. The third-order valence-corrected chi connectivity index (χ3v) is 4.49. The molecule has 2 nitrogen and oxygen atoms in total. The van der Waals surface area contributed by atoms with E-state index in [4.69, 9.17) is 0 Å². The fourth-order valence-electron chi connectivity index (χ4n) is 3.21. The van der Waals surface area contributed by atoms with Crippen molar-refractivity contribution in [2.75, 3.05) is 0 Å². The fraction of sp³-hybridized carbons (Fsp3) is 0.158. The summed E-state index contributed by atoms with van der Waals surface area (Å²) in [5, 5.41) is 2.64. The molecule has 0 aliphatic carbocycles. The van der Waals surface area contributed by atoms with E-state index in [0.29, 0.717) is 0 Å². The van der Waals surface area contributed by atoms with Crippen molar-refractivity contribution in [3.63, 3.8) is 0 Å². The molecule has 0 saturated carbocycles. The first kappa shape index (κ1) is 12.3. The molecule has 104 valence electrons. The Morgan fingerprint density at radius 1 is 0.667 bits per heavy atom. The van der Waals surface area contributed by atoms with Crippen molar-refractivity contribution < 1.29 is 0 Å². The van der Waals surface area contributed by atoms with Gasteiger partial charge in [0, 0.05) is 39.6 Å². The molecule has 2 aromatic carbocycles. The van der Waals surface area contributed by atoms with Crippen molar-refractivity contribution in [2.24, 2.45) is 0 Å². The summed E-state index contributed by atoms with van der Waals surface area (Å²) in [4.78, 5) is 7.13. The molecule has 0 unspecified atom stereocenters. The summed E-state index contributed by atoms with van der Waals surface area (Å²) < 4.78 is 0. The summed E-state index contributed by atoms with van der Waals surface area (Å²) in [5.74, 6) is 0. The van der Waals surface area contributed by atoms with Crippen LogP contribution in [0.3, 0.4) is 0 Å². The van der Waals surface area contributed by atoms with Gasteiger partial charge in [0.2, 0.25) is 0 Å². The largest absolute Gasteiger partial charge is 0.358 e. The van der Waals surface area contributed by atoms with Gasteiger partial charge in [-0.25, -0.2) is 0 Å². The van der Waals surface area contributed by atoms with Crippen LogP contribution in [0.25, 0.3) is 21.8 Å². The summed E-state index contributed by atoms with van der Waals surface area (Å²) in [5.41, 5.74) is 7.74. The van der Waals surface area contributed by atoms with Crippen LogP contribution in [-0.2, 0) is 6.42 Å². The average molecular weight is 274 g/mol. The zero-order chi connectivity index (χ0) is 14.4. The average Bonchev–Trinajstić information content (AvgIpc) is 2.99. The number of aromatic nitrogens is 2. The molecule has 4 rings (SSSR count). The van der Waals surface area contributed by atoms with Crippen LogP contribution in [0.4, 0.5) is 0 Å². The minimum absolute atomic E-state index is 0.918. The van der Waals surface area contributed by atoms with Crippen molar-refractivity contribution in [3.05, 3.63) is 71.0 Å². The Hall–Kier alpha value is -2.48. The summed E-state index contributed by atoms with van der Waals surface area (Å²) in [6.45, 7) is 4.40. The zero-order valence-electron chi connectivity index (χ0n) is 12.3. The zero-order valence-corrected chi connectivity index (χ0v) is 12.3. The van der Waals surface area contributed by atoms with Gasteiger partial charge in [0.1, 0.15) is 0 Å². The Labute approximate surface area is 123 Å². The summed E-state index contributed by atoms with van der Waals surface area (Å²) in [7, 11) is 0. The summed E-state index contributed by atoms with van der Waals surface area (Å²) in [6.07, 6.45) is 0.918. The molecular formula is C19H18N2. The van der Waals surface area contributed by atoms with E-state index in [1.54, 1.807) is 0 Å². The lowest BCUT2D eigenvalue weighted by Gasteiger charge is -2.00. The standard InChI is InChI=1S/C19H18N2/c1-12-14-7-3-5-9-16(14)20-18(12)11-19-13(2)15-8-4-6-10-17(15)21-19/h3-10,20-21H,11H2,1-2H3. The van der Waals surface area contributed by atoms with Crippen LogP contribution in [0.1, 0.15) is 22.5 Å². The molecule has 2 N–H and O–H groups in total. The number of aryl methyl sites for hydroxylation is 2. The first-order valence-electron chi connectivity index (χ1n) is 7.36. The summed E-state index contributed by atoms with van der Waals surface area (Å²) in [6, 6.07) is 17.0. The van der Waals surface area contributed by atoms with Crippen molar-refractivity contribution in [1.82, 2.24) is 9.97 Å². The Bertz CT molecular complexity index is 863. The topological polar surface area (TPSA) is 31.6 Å². The third-order valence-electron chi connectivity index (χ3n) is 4.49. The normalized spacial score (nSPS) is 11.5. The predicted octanol–water partition coefficient (Wildman–Crippen LogP) is 4.86. The SMILES string of the molecule is Cc1c(Cc2[nH]c3ccccc3c2C)[nH]c2ccccc12. The van der Waals surface area contributed by atoms with Gasteiger partial charge in [0.05, 0.1) is 0 Å². The molecule has 0 saturated heterocycles. The minimum atomic E-state index is 0.918. The van der Waals surface area contributed by atoms with Gasteiger partial charge in [-0.3, -0.25) is 0 Å². The maximum atomic E-state index is 3.56. The molecule has 2 heterocycles. The molecule has 21 heavy (non-hydrogen) atoms. The van der Waals surface area contributed by atoms with E-state index in [0.717, 1.165) is 6.42 Å². The highest BCUT2D eigenvalue weighted by Crippen LogP contribution is 2.27. The molecule has 0 aliphatic rings. The van der Waals surface area contributed by atoms with E-state index < -0.39 is 0 Å². The molecule has 2 aromatic heterocycles. The number of aromatic amines is 2. The molecule has 2 heteroatoms. The number of para-hydroxylation sites is 2. The van der Waals surface area contributed by atoms with Gasteiger partial charge < -0.3 is 9.97 Å². The second-order valence-corrected chi connectivity index (χ2v) is 5.73. The molecule has 0 spiro atoms. The number of hydrogen-bond acceptors (Lipinski definition) is 0. The number of nitrogens with one attached hydrogen (secondary N) is 2. The minimum Gasteiger partial charge on any atom is -0.358 e. The van der Waals surface area contributed by atoms with E-state index in [9.17, 15) is 0 Å². The van der Waals surface area contributed by atoms with Crippen LogP contribution >= 0.6 is 0 Å². The van der Waals surface area contributed by atoms with Gasteiger partial charge in [-0.1, -0.05) is 36.4 Å². The van der Waals surface area contributed by atoms with Gasteiger partial charge in [-0.2, -0.15) is 0 Å². The lowest BCUT2D eigenvalue weighted by molar-refractivity contribution is 1.04. The molecule has 4 aromatic rings. The Kier molecular flexibility index (Phi) is 2.64. The van der Waals surface area contributed by atoms with E-state index in [1.165, 1.54) is 44.3 Å². The van der Waals surface area contributed by atoms with Gasteiger partial charge >= 0.3 is 0 Å². The van der Waals surface area contributed by atoms with Gasteiger partial charge in [0.15, 0.2) is 0 Å². The monoisotopic (exact) mass is 274 g/mol. The van der Waals surface area contributed by atoms with Crippen LogP contribution < -0.4 is 0 Å². The van der Waals surface area contributed by atoms with E-state index >= 15 is 0 Å². The van der Waals surface area contributed by atoms with Crippen molar-refractivity contribution >= 4 is 21.8 Å². The maximum Gasteiger partial charge on any atom is 0.0458 e. The molecule has 0 fully saturated rings. The number of rotatable bonds is 2. The number of benzene rings is 2. The lowest BCUT2D eigenvalue weighted by atomic mass is 10.1. The highest BCUT2D eigenvalue weighted by Gasteiger charge is 2.12. The lowest BCUT2D eigenvalue weighted by Crippen LogP contribution is -1.93. The smallest absolute Gasteiger partial charge is 0.0458 e. The van der Waals surface area contributed by atoms with Crippen molar-refractivity contribution in [1.29, 1.82) is 0 Å².